The van der Waals surface area contributed by atoms with Gasteiger partial charge < -0.3 is 10.6 Å². The van der Waals surface area contributed by atoms with Crippen molar-refractivity contribution in [3.05, 3.63) is 45.9 Å². The summed E-state index contributed by atoms with van der Waals surface area (Å²) in [5.41, 5.74) is 5.63. The Morgan fingerprint density at radius 2 is 2.25 bits per heavy atom. The summed E-state index contributed by atoms with van der Waals surface area (Å²) in [6.07, 6.45) is 0. The normalized spacial score (nSPS) is 11.9. The van der Waals surface area contributed by atoms with Gasteiger partial charge in [-0.1, -0.05) is 0 Å². The van der Waals surface area contributed by atoms with Gasteiger partial charge >= 0.3 is 0 Å². The lowest BCUT2D eigenvalue weighted by molar-refractivity contribution is 0.0956. The first kappa shape index (κ1) is 14.5. The number of nitrogens with one attached hydrogen (secondary N) is 2. The summed E-state index contributed by atoms with van der Waals surface area (Å²) in [6, 6.07) is 5.84. The Bertz CT molecular complexity index is 581. The summed E-state index contributed by atoms with van der Waals surface area (Å²) in [4.78, 5) is 16.1. The van der Waals surface area contributed by atoms with Crippen molar-refractivity contribution in [2.24, 2.45) is 0 Å². The molecule has 106 valence electrons. The van der Waals surface area contributed by atoms with Crippen LogP contribution in [0.5, 0.6) is 0 Å². The first-order valence-electron chi connectivity index (χ1n) is 6.65. The Morgan fingerprint density at radius 1 is 1.45 bits per heavy atom. The molecule has 1 aromatic heterocycles. The van der Waals surface area contributed by atoms with Crippen molar-refractivity contribution >= 4 is 22.9 Å². The van der Waals surface area contributed by atoms with Crippen LogP contribution in [0.4, 0.5) is 5.69 Å². The minimum atomic E-state index is -0.0327. The van der Waals surface area contributed by atoms with Gasteiger partial charge in [0.05, 0.1) is 17.2 Å². The van der Waals surface area contributed by atoms with E-state index in [0.717, 1.165) is 16.9 Å². The van der Waals surface area contributed by atoms with Crippen molar-refractivity contribution in [1.29, 1.82) is 0 Å². The van der Waals surface area contributed by atoms with Gasteiger partial charge in [-0.2, -0.15) is 0 Å². The average Bonchev–Trinajstić information content (AvgIpc) is 2.95. The minimum absolute atomic E-state index is 0.0327. The zero-order chi connectivity index (χ0) is 14.5. The fourth-order valence-electron chi connectivity index (χ4n) is 1.97. The number of carbonyl (C=O) groups excluding carboxylic acids is 1. The van der Waals surface area contributed by atoms with E-state index in [9.17, 15) is 4.79 Å². The van der Waals surface area contributed by atoms with Crippen LogP contribution in [0, 0.1) is 6.92 Å². The Morgan fingerprint density at radius 3 is 2.85 bits per heavy atom. The highest BCUT2D eigenvalue weighted by atomic mass is 32.1. The molecule has 0 aliphatic rings. The maximum Gasteiger partial charge on any atom is 0.251 e. The summed E-state index contributed by atoms with van der Waals surface area (Å²) >= 11 is 1.59. The van der Waals surface area contributed by atoms with Gasteiger partial charge in [-0.15, -0.1) is 11.3 Å². The predicted octanol–water partition coefficient (Wildman–Crippen LogP) is 3.37. The molecule has 1 amide bonds. The Labute approximate surface area is 123 Å². The van der Waals surface area contributed by atoms with E-state index < -0.39 is 0 Å². The van der Waals surface area contributed by atoms with Crippen LogP contribution >= 0.6 is 11.3 Å². The summed E-state index contributed by atoms with van der Waals surface area (Å²) in [5.74, 6) is -0.0327. The minimum Gasteiger partial charge on any atom is -0.377 e. The molecule has 0 fully saturated rings. The number of benzene rings is 1. The number of hydrogen-bond acceptors (Lipinski definition) is 4. The largest absolute Gasteiger partial charge is 0.377 e. The smallest absolute Gasteiger partial charge is 0.251 e. The van der Waals surface area contributed by atoms with E-state index in [1.54, 1.807) is 11.3 Å². The van der Waals surface area contributed by atoms with E-state index in [4.69, 9.17) is 0 Å². The van der Waals surface area contributed by atoms with Gasteiger partial charge in [0.25, 0.3) is 5.91 Å². The number of rotatable bonds is 5. The van der Waals surface area contributed by atoms with E-state index in [0.29, 0.717) is 12.1 Å². The molecule has 4 nitrogen and oxygen atoms in total. The topological polar surface area (TPSA) is 54.0 Å². The predicted molar refractivity (Wildman–Crippen MR) is 83.3 cm³/mol. The van der Waals surface area contributed by atoms with Crippen LogP contribution in [0.3, 0.4) is 0 Å². The molecule has 2 rings (SSSR count). The molecular formula is C15H19N3OS. The highest BCUT2D eigenvalue weighted by molar-refractivity contribution is 7.07. The van der Waals surface area contributed by atoms with E-state index >= 15 is 0 Å². The van der Waals surface area contributed by atoms with Gasteiger partial charge in [0, 0.05) is 23.2 Å². The molecule has 0 spiro atoms. The van der Waals surface area contributed by atoms with Gasteiger partial charge in [0.15, 0.2) is 0 Å². The van der Waals surface area contributed by atoms with E-state index in [2.05, 4.69) is 22.5 Å². The molecule has 0 aliphatic heterocycles. The molecule has 2 N–H and O–H groups in total. The standard InChI is InChI=1S/C15H19N3OS/c1-4-16-15(19)12-5-6-13(10(2)7-12)18-11(3)14-8-20-9-17-14/h5-9,11,18H,4H2,1-3H3,(H,16,19). The van der Waals surface area contributed by atoms with Crippen molar-refractivity contribution in [1.82, 2.24) is 10.3 Å². The molecule has 1 unspecified atom stereocenters. The van der Waals surface area contributed by atoms with Crippen molar-refractivity contribution < 1.29 is 4.79 Å². The lowest BCUT2D eigenvalue weighted by atomic mass is 10.1. The molecule has 2 aromatic rings. The fraction of sp³-hybridized carbons (Fsp3) is 0.333. The molecule has 0 bridgehead atoms. The molecule has 0 aliphatic carbocycles. The Hall–Kier alpha value is -1.88. The van der Waals surface area contributed by atoms with E-state index in [1.807, 2.05) is 42.9 Å². The third kappa shape index (κ3) is 3.36. The highest BCUT2D eigenvalue weighted by Crippen LogP contribution is 2.23. The van der Waals surface area contributed by atoms with Gasteiger partial charge in [-0.3, -0.25) is 4.79 Å². The number of aryl methyl sites for hydroxylation is 1. The van der Waals surface area contributed by atoms with Gasteiger partial charge in [-0.05, 0) is 44.5 Å². The summed E-state index contributed by atoms with van der Waals surface area (Å²) in [6.45, 7) is 6.62. The number of aromatic nitrogens is 1. The second-order valence-electron chi connectivity index (χ2n) is 4.67. The average molecular weight is 289 g/mol. The SMILES string of the molecule is CCNC(=O)c1ccc(NC(C)c2cscn2)c(C)c1. The molecule has 5 heteroatoms. The maximum atomic E-state index is 11.8. The summed E-state index contributed by atoms with van der Waals surface area (Å²) in [7, 11) is 0. The highest BCUT2D eigenvalue weighted by Gasteiger charge is 2.10. The molecule has 0 saturated heterocycles. The molecule has 0 saturated carbocycles. The van der Waals surface area contributed by atoms with Crippen LogP contribution in [0.15, 0.2) is 29.1 Å². The van der Waals surface area contributed by atoms with Crippen LogP contribution in [0.1, 0.15) is 41.5 Å². The van der Waals surface area contributed by atoms with Crippen molar-refractivity contribution in [3.8, 4) is 0 Å². The summed E-state index contributed by atoms with van der Waals surface area (Å²) < 4.78 is 0. The van der Waals surface area contributed by atoms with E-state index in [-0.39, 0.29) is 11.9 Å². The second-order valence-corrected chi connectivity index (χ2v) is 5.39. The molecular weight excluding hydrogens is 270 g/mol. The first-order valence-corrected chi connectivity index (χ1v) is 7.59. The quantitative estimate of drug-likeness (QED) is 0.887. The zero-order valence-corrected chi connectivity index (χ0v) is 12.8. The van der Waals surface area contributed by atoms with Gasteiger partial charge in [0.1, 0.15) is 0 Å². The maximum absolute atomic E-state index is 11.8. The van der Waals surface area contributed by atoms with Crippen LogP contribution < -0.4 is 10.6 Å². The monoisotopic (exact) mass is 289 g/mol. The van der Waals surface area contributed by atoms with Crippen LogP contribution in [0.25, 0.3) is 0 Å². The fourth-order valence-corrected chi connectivity index (χ4v) is 2.62. The number of thiazole rings is 1. The molecule has 0 radical (unpaired) electrons. The van der Waals surface area contributed by atoms with Crippen LogP contribution in [0.2, 0.25) is 0 Å². The second kappa shape index (κ2) is 6.52. The van der Waals surface area contributed by atoms with Crippen molar-refractivity contribution in [2.75, 3.05) is 11.9 Å². The van der Waals surface area contributed by atoms with Crippen molar-refractivity contribution in [3.63, 3.8) is 0 Å². The lowest BCUT2D eigenvalue weighted by Crippen LogP contribution is -2.22. The number of nitrogens with zero attached hydrogens (tertiary/aromatic N) is 1. The molecule has 1 aromatic carbocycles. The number of carbonyl (C=O) groups is 1. The third-order valence-electron chi connectivity index (χ3n) is 3.09. The number of anilines is 1. The zero-order valence-electron chi connectivity index (χ0n) is 11.9. The Kier molecular flexibility index (Phi) is 4.74. The molecule has 1 atom stereocenters. The lowest BCUT2D eigenvalue weighted by Gasteiger charge is -2.16. The number of amides is 1. The third-order valence-corrected chi connectivity index (χ3v) is 3.70. The molecule has 20 heavy (non-hydrogen) atoms. The summed E-state index contributed by atoms with van der Waals surface area (Å²) in [5, 5.41) is 8.26. The molecule has 1 heterocycles. The van der Waals surface area contributed by atoms with Crippen LogP contribution in [-0.2, 0) is 0 Å². The van der Waals surface area contributed by atoms with E-state index in [1.165, 1.54) is 0 Å². The van der Waals surface area contributed by atoms with Crippen LogP contribution in [-0.4, -0.2) is 17.4 Å². The van der Waals surface area contributed by atoms with Gasteiger partial charge in [-0.25, -0.2) is 4.98 Å². The Balaban J connectivity index is 2.12. The first-order chi connectivity index (χ1) is 9.61. The van der Waals surface area contributed by atoms with Crippen molar-refractivity contribution in [2.45, 2.75) is 26.8 Å². The number of hydrogen-bond donors (Lipinski definition) is 2. The van der Waals surface area contributed by atoms with Gasteiger partial charge in [0.2, 0.25) is 0 Å².